The summed E-state index contributed by atoms with van der Waals surface area (Å²) < 4.78 is 0. The van der Waals surface area contributed by atoms with Gasteiger partial charge in [0.05, 0.1) is 0 Å². The van der Waals surface area contributed by atoms with Crippen LogP contribution in [0.4, 0.5) is 5.82 Å². The third-order valence-corrected chi connectivity index (χ3v) is 2.60. The van der Waals surface area contributed by atoms with E-state index < -0.39 is 0 Å². The van der Waals surface area contributed by atoms with Crippen LogP contribution < -0.4 is 5.32 Å². The van der Waals surface area contributed by atoms with Crippen molar-refractivity contribution in [2.24, 2.45) is 0 Å². The third-order valence-electron chi connectivity index (χ3n) is 2.60. The highest BCUT2D eigenvalue weighted by Gasteiger charge is 2.09. The maximum atomic E-state index is 12.0. The number of carbonyl (C=O) groups is 1. The molecule has 0 spiro atoms. The SMILES string of the molecule is O=C(Nc1ccncn1)c1cc2ccccc2[nH]1. The predicted molar refractivity (Wildman–Crippen MR) is 68.3 cm³/mol. The van der Waals surface area contributed by atoms with Crippen LogP contribution >= 0.6 is 0 Å². The highest BCUT2D eigenvalue weighted by molar-refractivity contribution is 6.05. The molecule has 2 heterocycles. The fourth-order valence-corrected chi connectivity index (χ4v) is 1.74. The van der Waals surface area contributed by atoms with Gasteiger partial charge < -0.3 is 10.3 Å². The maximum Gasteiger partial charge on any atom is 0.273 e. The van der Waals surface area contributed by atoms with Crippen LogP contribution in [-0.2, 0) is 0 Å². The Labute approximate surface area is 103 Å². The second kappa shape index (κ2) is 4.29. The Hall–Kier alpha value is -2.69. The number of hydrogen-bond donors (Lipinski definition) is 2. The van der Waals surface area contributed by atoms with Crippen molar-refractivity contribution in [2.75, 3.05) is 5.32 Å². The molecule has 0 aliphatic carbocycles. The lowest BCUT2D eigenvalue weighted by Crippen LogP contribution is -2.13. The van der Waals surface area contributed by atoms with E-state index in [1.165, 1.54) is 6.33 Å². The fraction of sp³-hybridized carbons (Fsp3) is 0. The lowest BCUT2D eigenvalue weighted by molar-refractivity contribution is 0.102. The Morgan fingerprint density at radius 2 is 2.11 bits per heavy atom. The quantitative estimate of drug-likeness (QED) is 0.719. The summed E-state index contributed by atoms with van der Waals surface area (Å²) in [6.45, 7) is 0. The van der Waals surface area contributed by atoms with Crippen LogP contribution in [-0.4, -0.2) is 20.9 Å². The number of fused-ring (bicyclic) bond motifs is 1. The standard InChI is InChI=1S/C13H10N4O/c18-13(17-12-5-6-14-8-15-12)11-7-9-3-1-2-4-10(9)16-11/h1-8,16H,(H,14,15,17,18). The number of amides is 1. The Kier molecular flexibility index (Phi) is 2.49. The van der Waals surface area contributed by atoms with E-state index in [0.29, 0.717) is 11.5 Å². The molecular weight excluding hydrogens is 228 g/mol. The highest BCUT2D eigenvalue weighted by Crippen LogP contribution is 2.15. The van der Waals surface area contributed by atoms with Crippen LogP contribution in [0.3, 0.4) is 0 Å². The number of nitrogens with zero attached hydrogens (tertiary/aromatic N) is 2. The highest BCUT2D eigenvalue weighted by atomic mass is 16.1. The molecule has 88 valence electrons. The summed E-state index contributed by atoms with van der Waals surface area (Å²) in [5.74, 6) is 0.263. The average Bonchev–Trinajstić information content (AvgIpc) is 2.84. The molecule has 0 radical (unpaired) electrons. The largest absolute Gasteiger partial charge is 0.351 e. The molecule has 18 heavy (non-hydrogen) atoms. The molecule has 0 aliphatic heterocycles. The van der Waals surface area contributed by atoms with E-state index in [1.807, 2.05) is 30.3 Å². The summed E-state index contributed by atoms with van der Waals surface area (Å²) in [7, 11) is 0. The Morgan fingerprint density at radius 3 is 2.89 bits per heavy atom. The van der Waals surface area contributed by atoms with Crippen molar-refractivity contribution in [3.05, 3.63) is 54.6 Å². The van der Waals surface area contributed by atoms with Crippen molar-refractivity contribution in [2.45, 2.75) is 0 Å². The topological polar surface area (TPSA) is 70.7 Å². The number of anilines is 1. The Bertz CT molecular complexity index is 657. The third kappa shape index (κ3) is 1.93. The van der Waals surface area contributed by atoms with E-state index in [9.17, 15) is 4.79 Å². The van der Waals surface area contributed by atoms with E-state index in [2.05, 4.69) is 20.3 Å². The lowest BCUT2D eigenvalue weighted by atomic mass is 10.2. The zero-order chi connectivity index (χ0) is 12.4. The molecule has 1 amide bonds. The first-order valence-corrected chi connectivity index (χ1v) is 5.48. The number of nitrogens with one attached hydrogen (secondary N) is 2. The van der Waals surface area contributed by atoms with Gasteiger partial charge in [-0.15, -0.1) is 0 Å². The van der Waals surface area contributed by atoms with Crippen LogP contribution in [0, 0.1) is 0 Å². The first-order valence-electron chi connectivity index (χ1n) is 5.48. The number of H-pyrrole nitrogens is 1. The molecule has 0 atom stereocenters. The molecule has 2 aromatic heterocycles. The molecule has 0 bridgehead atoms. The Balaban J connectivity index is 1.88. The molecule has 5 nitrogen and oxygen atoms in total. The van der Waals surface area contributed by atoms with E-state index in [1.54, 1.807) is 12.3 Å². The molecule has 0 saturated carbocycles. The van der Waals surface area contributed by atoms with Crippen molar-refractivity contribution < 1.29 is 4.79 Å². The molecule has 0 fully saturated rings. The van der Waals surface area contributed by atoms with Gasteiger partial charge in [-0.2, -0.15) is 0 Å². The van der Waals surface area contributed by atoms with Gasteiger partial charge in [0.1, 0.15) is 17.8 Å². The summed E-state index contributed by atoms with van der Waals surface area (Å²) >= 11 is 0. The first kappa shape index (κ1) is 10.5. The number of aromatic nitrogens is 3. The van der Waals surface area contributed by atoms with Gasteiger partial charge in [0.25, 0.3) is 5.91 Å². The van der Waals surface area contributed by atoms with Crippen molar-refractivity contribution in [1.29, 1.82) is 0 Å². The minimum atomic E-state index is -0.218. The number of rotatable bonds is 2. The predicted octanol–water partition coefficient (Wildman–Crippen LogP) is 2.21. The normalized spacial score (nSPS) is 10.4. The average molecular weight is 238 g/mol. The van der Waals surface area contributed by atoms with E-state index >= 15 is 0 Å². The van der Waals surface area contributed by atoms with Crippen molar-refractivity contribution >= 4 is 22.6 Å². The van der Waals surface area contributed by atoms with Crippen LogP contribution in [0.1, 0.15) is 10.5 Å². The second-order valence-electron chi connectivity index (χ2n) is 3.82. The van der Waals surface area contributed by atoms with E-state index in [-0.39, 0.29) is 5.91 Å². The second-order valence-corrected chi connectivity index (χ2v) is 3.82. The fourth-order valence-electron chi connectivity index (χ4n) is 1.74. The monoisotopic (exact) mass is 238 g/mol. The first-order chi connectivity index (χ1) is 8.83. The number of aromatic amines is 1. The zero-order valence-electron chi connectivity index (χ0n) is 9.42. The van der Waals surface area contributed by atoms with E-state index in [0.717, 1.165) is 10.9 Å². The van der Waals surface area contributed by atoms with Gasteiger partial charge in [-0.1, -0.05) is 18.2 Å². The molecule has 5 heteroatoms. The van der Waals surface area contributed by atoms with Gasteiger partial charge >= 0.3 is 0 Å². The molecular formula is C13H10N4O. The molecule has 3 rings (SSSR count). The van der Waals surface area contributed by atoms with Crippen molar-refractivity contribution in [3.63, 3.8) is 0 Å². The van der Waals surface area contributed by atoms with Gasteiger partial charge in [0, 0.05) is 17.1 Å². The summed E-state index contributed by atoms with van der Waals surface area (Å²) in [6.07, 6.45) is 2.97. The van der Waals surface area contributed by atoms with Crippen LogP contribution in [0.25, 0.3) is 10.9 Å². The summed E-state index contributed by atoms with van der Waals surface area (Å²) in [5.41, 5.74) is 1.44. The maximum absolute atomic E-state index is 12.0. The van der Waals surface area contributed by atoms with Crippen molar-refractivity contribution in [1.82, 2.24) is 15.0 Å². The van der Waals surface area contributed by atoms with Crippen LogP contribution in [0.15, 0.2) is 48.9 Å². The van der Waals surface area contributed by atoms with Crippen LogP contribution in [0.5, 0.6) is 0 Å². The minimum absolute atomic E-state index is 0.218. The molecule has 0 aliphatic rings. The minimum Gasteiger partial charge on any atom is -0.351 e. The number of carbonyl (C=O) groups excluding carboxylic acids is 1. The molecule has 0 saturated heterocycles. The Morgan fingerprint density at radius 1 is 1.22 bits per heavy atom. The van der Waals surface area contributed by atoms with E-state index in [4.69, 9.17) is 0 Å². The zero-order valence-corrected chi connectivity index (χ0v) is 9.42. The summed E-state index contributed by atoms with van der Waals surface area (Å²) in [5, 5.41) is 3.70. The molecule has 1 aromatic carbocycles. The van der Waals surface area contributed by atoms with Gasteiger partial charge in [-0.05, 0) is 18.2 Å². The smallest absolute Gasteiger partial charge is 0.273 e. The van der Waals surface area contributed by atoms with Gasteiger partial charge in [-0.25, -0.2) is 9.97 Å². The number of para-hydroxylation sites is 1. The van der Waals surface area contributed by atoms with Gasteiger partial charge in [0.2, 0.25) is 0 Å². The van der Waals surface area contributed by atoms with Crippen LogP contribution in [0.2, 0.25) is 0 Å². The molecule has 0 unspecified atom stereocenters. The number of benzene rings is 1. The summed E-state index contributed by atoms with van der Waals surface area (Å²) in [6, 6.07) is 11.2. The summed E-state index contributed by atoms with van der Waals surface area (Å²) in [4.78, 5) is 22.8. The molecule has 3 aromatic rings. The van der Waals surface area contributed by atoms with Crippen molar-refractivity contribution in [3.8, 4) is 0 Å². The lowest BCUT2D eigenvalue weighted by Gasteiger charge is -2.00. The van der Waals surface area contributed by atoms with Gasteiger partial charge in [-0.3, -0.25) is 4.79 Å². The molecule has 2 N–H and O–H groups in total. The van der Waals surface area contributed by atoms with Gasteiger partial charge in [0.15, 0.2) is 0 Å². The number of hydrogen-bond acceptors (Lipinski definition) is 3.